The molecule has 0 radical (unpaired) electrons. The SMILES string of the molecule is O=C(O)C1(CN2CCN3CCCCC3C2)CCC1. The van der Waals surface area contributed by atoms with Gasteiger partial charge in [-0.05, 0) is 32.2 Å². The Balaban J connectivity index is 1.59. The highest BCUT2D eigenvalue weighted by molar-refractivity contribution is 5.76. The molecule has 4 heteroatoms. The van der Waals surface area contributed by atoms with E-state index in [1.807, 2.05) is 0 Å². The number of piperazine rings is 1. The van der Waals surface area contributed by atoms with Gasteiger partial charge in [-0.25, -0.2) is 0 Å². The Morgan fingerprint density at radius 2 is 2.00 bits per heavy atom. The Hall–Kier alpha value is -0.610. The van der Waals surface area contributed by atoms with E-state index in [1.165, 1.54) is 25.8 Å². The van der Waals surface area contributed by atoms with Gasteiger partial charge < -0.3 is 5.11 Å². The minimum absolute atomic E-state index is 0.406. The van der Waals surface area contributed by atoms with Gasteiger partial charge in [-0.2, -0.15) is 0 Å². The Labute approximate surface area is 109 Å². The summed E-state index contributed by atoms with van der Waals surface area (Å²) in [6.45, 7) is 5.33. The highest BCUT2D eigenvalue weighted by Crippen LogP contribution is 2.42. The summed E-state index contributed by atoms with van der Waals surface area (Å²) in [6, 6.07) is 0.693. The lowest BCUT2D eigenvalue weighted by atomic mass is 9.68. The number of hydrogen-bond acceptors (Lipinski definition) is 3. The van der Waals surface area contributed by atoms with Crippen molar-refractivity contribution < 1.29 is 9.90 Å². The molecular formula is C14H24N2O2. The van der Waals surface area contributed by atoms with Crippen LogP contribution in [0, 0.1) is 5.41 Å². The van der Waals surface area contributed by atoms with Gasteiger partial charge >= 0.3 is 5.97 Å². The largest absolute Gasteiger partial charge is 0.481 e. The minimum Gasteiger partial charge on any atom is -0.481 e. The molecule has 0 aromatic rings. The molecule has 1 atom stereocenters. The van der Waals surface area contributed by atoms with Crippen LogP contribution in [0.2, 0.25) is 0 Å². The molecule has 0 aromatic heterocycles. The van der Waals surface area contributed by atoms with Crippen molar-refractivity contribution in [2.75, 3.05) is 32.7 Å². The van der Waals surface area contributed by atoms with Crippen LogP contribution >= 0.6 is 0 Å². The second-order valence-corrected chi connectivity index (χ2v) is 6.36. The molecule has 2 heterocycles. The van der Waals surface area contributed by atoms with E-state index in [2.05, 4.69) is 9.80 Å². The molecule has 0 spiro atoms. The Kier molecular flexibility index (Phi) is 3.32. The fourth-order valence-electron chi connectivity index (χ4n) is 3.84. The normalized spacial score (nSPS) is 32.6. The van der Waals surface area contributed by atoms with E-state index in [0.29, 0.717) is 6.04 Å². The second kappa shape index (κ2) is 4.82. The molecule has 4 nitrogen and oxygen atoms in total. The van der Waals surface area contributed by atoms with Crippen LogP contribution in [0.4, 0.5) is 0 Å². The molecule has 3 rings (SSSR count). The molecule has 0 bridgehead atoms. The van der Waals surface area contributed by atoms with Gasteiger partial charge in [-0.3, -0.25) is 14.6 Å². The first-order chi connectivity index (χ1) is 8.70. The van der Waals surface area contributed by atoms with Crippen LogP contribution < -0.4 is 0 Å². The van der Waals surface area contributed by atoms with Crippen LogP contribution in [0.1, 0.15) is 38.5 Å². The maximum absolute atomic E-state index is 11.4. The molecule has 3 fully saturated rings. The molecular weight excluding hydrogens is 228 g/mol. The van der Waals surface area contributed by atoms with Crippen LogP contribution in [0.3, 0.4) is 0 Å². The molecule has 1 N–H and O–H groups in total. The lowest BCUT2D eigenvalue weighted by molar-refractivity contribution is -0.157. The smallest absolute Gasteiger partial charge is 0.310 e. The molecule has 18 heavy (non-hydrogen) atoms. The summed E-state index contributed by atoms with van der Waals surface area (Å²) in [5.74, 6) is -0.570. The molecule has 1 aliphatic carbocycles. The van der Waals surface area contributed by atoms with E-state index in [1.54, 1.807) is 0 Å². The number of carboxylic acids is 1. The Morgan fingerprint density at radius 1 is 1.17 bits per heavy atom. The van der Waals surface area contributed by atoms with Crippen LogP contribution in [-0.2, 0) is 4.79 Å². The number of fused-ring (bicyclic) bond motifs is 1. The molecule has 0 amide bonds. The zero-order valence-corrected chi connectivity index (χ0v) is 11.1. The van der Waals surface area contributed by atoms with E-state index >= 15 is 0 Å². The highest BCUT2D eigenvalue weighted by atomic mass is 16.4. The van der Waals surface area contributed by atoms with E-state index < -0.39 is 11.4 Å². The summed E-state index contributed by atoms with van der Waals surface area (Å²) in [6.07, 6.45) is 6.85. The highest BCUT2D eigenvalue weighted by Gasteiger charge is 2.46. The number of nitrogens with zero attached hydrogens (tertiary/aromatic N) is 2. The van der Waals surface area contributed by atoms with Gasteiger partial charge in [-0.15, -0.1) is 0 Å². The Bertz CT molecular complexity index is 328. The summed E-state index contributed by atoms with van der Waals surface area (Å²) in [5, 5.41) is 9.41. The van der Waals surface area contributed by atoms with Crippen molar-refractivity contribution in [3.05, 3.63) is 0 Å². The molecule has 1 saturated carbocycles. The van der Waals surface area contributed by atoms with Crippen molar-refractivity contribution in [1.29, 1.82) is 0 Å². The standard InChI is InChI=1S/C14H24N2O2/c17-13(18)14(5-3-6-14)11-15-8-9-16-7-2-1-4-12(16)10-15/h12H,1-11H2,(H,17,18). The topological polar surface area (TPSA) is 43.8 Å². The second-order valence-electron chi connectivity index (χ2n) is 6.36. The third-order valence-electron chi connectivity index (χ3n) is 5.21. The first-order valence-corrected chi connectivity index (χ1v) is 7.39. The van der Waals surface area contributed by atoms with E-state index in [4.69, 9.17) is 0 Å². The third kappa shape index (κ3) is 2.16. The lowest BCUT2D eigenvalue weighted by Gasteiger charge is -2.48. The van der Waals surface area contributed by atoms with E-state index in [9.17, 15) is 9.90 Å². The predicted octanol–water partition coefficient (Wildman–Crippen LogP) is 1.41. The molecule has 2 saturated heterocycles. The molecule has 3 aliphatic rings. The number of rotatable bonds is 3. The number of hydrogen-bond donors (Lipinski definition) is 1. The van der Waals surface area contributed by atoms with Crippen molar-refractivity contribution >= 4 is 5.97 Å². The molecule has 0 aromatic carbocycles. The van der Waals surface area contributed by atoms with Crippen molar-refractivity contribution in [3.8, 4) is 0 Å². The summed E-state index contributed by atoms with van der Waals surface area (Å²) >= 11 is 0. The maximum Gasteiger partial charge on any atom is 0.310 e. The van der Waals surface area contributed by atoms with Gasteiger partial charge in [0.25, 0.3) is 0 Å². The summed E-state index contributed by atoms with van der Waals surface area (Å²) in [5.41, 5.74) is -0.406. The van der Waals surface area contributed by atoms with Crippen molar-refractivity contribution in [1.82, 2.24) is 9.80 Å². The predicted molar refractivity (Wildman–Crippen MR) is 69.6 cm³/mol. The summed E-state index contributed by atoms with van der Waals surface area (Å²) in [4.78, 5) is 16.4. The van der Waals surface area contributed by atoms with Crippen molar-refractivity contribution in [2.24, 2.45) is 5.41 Å². The van der Waals surface area contributed by atoms with Crippen LogP contribution in [-0.4, -0.2) is 59.6 Å². The lowest BCUT2D eigenvalue weighted by Crippen LogP contribution is -2.58. The van der Waals surface area contributed by atoms with Gasteiger partial charge in [0.1, 0.15) is 0 Å². The number of carboxylic acid groups (broad SMARTS) is 1. The van der Waals surface area contributed by atoms with Gasteiger partial charge in [0, 0.05) is 32.2 Å². The summed E-state index contributed by atoms with van der Waals surface area (Å²) < 4.78 is 0. The molecule has 2 aliphatic heterocycles. The first kappa shape index (κ1) is 12.4. The maximum atomic E-state index is 11.4. The Morgan fingerprint density at radius 3 is 2.67 bits per heavy atom. The average Bonchev–Trinajstić information content (AvgIpc) is 2.33. The van der Waals surface area contributed by atoms with Crippen LogP contribution in [0.15, 0.2) is 0 Å². The van der Waals surface area contributed by atoms with Gasteiger partial charge in [-0.1, -0.05) is 12.8 Å². The number of piperidine rings is 1. The number of aliphatic carboxylic acids is 1. The van der Waals surface area contributed by atoms with E-state index in [-0.39, 0.29) is 0 Å². The fraction of sp³-hybridized carbons (Fsp3) is 0.929. The van der Waals surface area contributed by atoms with Gasteiger partial charge in [0.05, 0.1) is 5.41 Å². The average molecular weight is 252 g/mol. The van der Waals surface area contributed by atoms with Crippen LogP contribution in [0.5, 0.6) is 0 Å². The van der Waals surface area contributed by atoms with Gasteiger partial charge in [0.2, 0.25) is 0 Å². The zero-order chi connectivity index (χ0) is 12.6. The van der Waals surface area contributed by atoms with E-state index in [0.717, 1.165) is 45.4 Å². The molecule has 1 unspecified atom stereocenters. The van der Waals surface area contributed by atoms with Crippen molar-refractivity contribution in [2.45, 2.75) is 44.6 Å². The monoisotopic (exact) mass is 252 g/mol. The van der Waals surface area contributed by atoms with Crippen molar-refractivity contribution in [3.63, 3.8) is 0 Å². The fourth-order valence-corrected chi connectivity index (χ4v) is 3.84. The summed E-state index contributed by atoms with van der Waals surface area (Å²) in [7, 11) is 0. The zero-order valence-electron chi connectivity index (χ0n) is 11.1. The first-order valence-electron chi connectivity index (χ1n) is 7.39. The minimum atomic E-state index is -0.570. The van der Waals surface area contributed by atoms with Gasteiger partial charge in [0.15, 0.2) is 0 Å². The third-order valence-corrected chi connectivity index (χ3v) is 5.21. The quantitative estimate of drug-likeness (QED) is 0.825. The number of carbonyl (C=O) groups is 1. The van der Waals surface area contributed by atoms with Crippen LogP contribution in [0.25, 0.3) is 0 Å². The molecule has 102 valence electrons.